The van der Waals surface area contributed by atoms with Gasteiger partial charge < -0.3 is 71.4 Å². The summed E-state index contributed by atoms with van der Waals surface area (Å²) in [7, 11) is 0. The molecule has 10 N–H and O–H groups in total. The molecule has 0 heterocycles. The van der Waals surface area contributed by atoms with Crippen molar-refractivity contribution in [2.75, 3.05) is 98.1 Å². The van der Waals surface area contributed by atoms with Gasteiger partial charge in [-0.3, -0.25) is 33.6 Å². The van der Waals surface area contributed by atoms with Gasteiger partial charge in [0.05, 0.1) is 91.6 Å². The van der Waals surface area contributed by atoms with Crippen LogP contribution in [0.4, 0.5) is 8.78 Å². The molecule has 3 unspecified atom stereocenters. The number of nitrogens with one attached hydrogen (secondary N) is 4. The molecule has 3 aromatic rings. The van der Waals surface area contributed by atoms with Gasteiger partial charge in [0.2, 0.25) is 23.6 Å². The first-order valence-corrected chi connectivity index (χ1v) is 27.1. The van der Waals surface area contributed by atoms with E-state index in [9.17, 15) is 47.1 Å². The molecule has 4 rings (SSSR count). The van der Waals surface area contributed by atoms with Crippen molar-refractivity contribution in [1.29, 1.82) is 0 Å². The number of allylic oxidation sites excluding steroid dienone is 2. The van der Waals surface area contributed by atoms with Crippen LogP contribution in [0.2, 0.25) is 0 Å². The van der Waals surface area contributed by atoms with Crippen molar-refractivity contribution in [3.05, 3.63) is 112 Å². The Bertz CT molecular complexity index is 2560. The summed E-state index contributed by atoms with van der Waals surface area (Å²) in [4.78, 5) is 100. The van der Waals surface area contributed by atoms with E-state index in [1.807, 2.05) is 36.4 Å². The lowest BCUT2D eigenvalue weighted by Gasteiger charge is -2.32. The van der Waals surface area contributed by atoms with Crippen LogP contribution in [-0.2, 0) is 79.6 Å². The third-order valence-corrected chi connectivity index (χ3v) is 13.1. The number of aryl methyl sites for hydroxylation is 1. The SMILES string of the molecule is CC1=C(c2cccc(CCC(=O)NCCOCCOCCOCCOCCOCCOCCC(=O)NCC(N)C(=O)N[C@@H](CC(=O)O)C(=O)N[C@@H](CS)C(=O)O)c2)C(=O)C(C[C@H](N)c2ccccc2)C(=O)C1Cc1c(F)cccc1F. The van der Waals surface area contributed by atoms with E-state index in [4.69, 9.17) is 50.1 Å². The largest absolute Gasteiger partial charge is 0.481 e. The molecule has 0 radical (unpaired) electrons. The molecule has 0 aromatic heterocycles. The Hall–Kier alpha value is -6.55. The van der Waals surface area contributed by atoms with Crippen LogP contribution in [0.25, 0.3) is 5.57 Å². The topological polar surface area (TPSA) is 333 Å². The monoisotopic (exact) mass is 1160 g/mol. The van der Waals surface area contributed by atoms with Crippen molar-refractivity contribution in [2.24, 2.45) is 23.3 Å². The number of nitrogens with two attached hydrogens (primary N) is 2. The number of carbonyl (C=O) groups excluding carboxylic acids is 6. The number of thiol groups is 1. The molecule has 1 aliphatic rings. The summed E-state index contributed by atoms with van der Waals surface area (Å²) in [6, 6.07) is 14.8. The number of rotatable bonds is 40. The molecule has 0 aliphatic heterocycles. The summed E-state index contributed by atoms with van der Waals surface area (Å²) in [5.74, 6) is -10.3. The molecule has 0 bridgehead atoms. The maximum atomic E-state index is 14.9. The van der Waals surface area contributed by atoms with Crippen molar-refractivity contribution < 1.29 is 85.8 Å². The van der Waals surface area contributed by atoms with Crippen molar-refractivity contribution in [3.8, 4) is 0 Å². The van der Waals surface area contributed by atoms with Crippen LogP contribution in [0.3, 0.4) is 0 Å². The minimum atomic E-state index is -1.62. The maximum absolute atomic E-state index is 14.9. The van der Waals surface area contributed by atoms with E-state index in [0.717, 1.165) is 23.3 Å². The van der Waals surface area contributed by atoms with Gasteiger partial charge in [0.25, 0.3) is 0 Å². The van der Waals surface area contributed by atoms with Gasteiger partial charge in [0.1, 0.15) is 29.8 Å². The Kier molecular flexibility index (Phi) is 30.4. The summed E-state index contributed by atoms with van der Waals surface area (Å²) in [5.41, 5.74) is 14.9. The molecule has 0 saturated heterocycles. The fraction of sp³-hybridized carbons (Fsp3) is 0.500. The zero-order valence-electron chi connectivity index (χ0n) is 45.2. The average molecular weight is 1160 g/mol. The molecule has 0 spiro atoms. The molecule has 0 saturated carbocycles. The summed E-state index contributed by atoms with van der Waals surface area (Å²) in [6.07, 6.45) is -0.628. The summed E-state index contributed by atoms with van der Waals surface area (Å²) in [6.45, 7) is 4.96. The Balaban J connectivity index is 1.000. The van der Waals surface area contributed by atoms with E-state index in [1.54, 1.807) is 25.1 Å². The second-order valence-electron chi connectivity index (χ2n) is 18.7. The highest BCUT2D eigenvalue weighted by Crippen LogP contribution is 2.40. The standard InChI is InChI=1S/C56H74F2N6O16S/c1-35-39(30-40-42(57)11-6-12-43(40)58)52(69)41(31-44(59)37-8-3-2-4-9-37)53(70)51(35)38-10-5-7-36(29-38)13-14-48(65)61-16-18-76-20-22-78-24-26-80-28-27-79-25-23-77-21-19-75-17-15-49(66)62-33-45(60)54(71)63-46(32-50(67)68)55(72)64-47(34-81)56(73)74/h2-12,29,39,41,44-47,81H,13-28,30-34,59-60H2,1H3,(H,61,65)(H,62,66)(H,63,71)(H,64,72)(H,67,68)(H,73,74)/t39?,41?,44-,45?,46-,47-/m0/s1. The second kappa shape index (κ2) is 36.7. The third-order valence-electron chi connectivity index (χ3n) is 12.8. The molecule has 25 heteroatoms. The van der Waals surface area contributed by atoms with Crippen LogP contribution in [0, 0.1) is 23.5 Å². The van der Waals surface area contributed by atoms with E-state index in [1.165, 1.54) is 6.07 Å². The third kappa shape index (κ3) is 23.8. The summed E-state index contributed by atoms with van der Waals surface area (Å²) < 4.78 is 62.7. The maximum Gasteiger partial charge on any atom is 0.327 e. The molecular weight excluding hydrogens is 1080 g/mol. The number of carboxylic acids is 2. The molecule has 0 fully saturated rings. The Morgan fingerprint density at radius 2 is 1.20 bits per heavy atom. The first-order valence-electron chi connectivity index (χ1n) is 26.4. The summed E-state index contributed by atoms with van der Waals surface area (Å²) >= 11 is 3.82. The molecule has 4 amide bonds. The first kappa shape index (κ1) is 67.0. The lowest BCUT2D eigenvalue weighted by molar-refractivity contribution is -0.143. The number of amides is 4. The second-order valence-corrected chi connectivity index (χ2v) is 19.1. The number of halogens is 2. The van der Waals surface area contributed by atoms with Crippen molar-refractivity contribution in [3.63, 3.8) is 0 Å². The Morgan fingerprint density at radius 1 is 0.654 bits per heavy atom. The molecule has 1 aliphatic carbocycles. The van der Waals surface area contributed by atoms with E-state index in [0.29, 0.717) is 76.0 Å². The summed E-state index contributed by atoms with van der Waals surface area (Å²) in [5, 5.41) is 27.7. The fourth-order valence-electron chi connectivity index (χ4n) is 8.38. The van der Waals surface area contributed by atoms with Gasteiger partial charge in [-0.25, -0.2) is 13.6 Å². The zero-order valence-corrected chi connectivity index (χ0v) is 46.1. The van der Waals surface area contributed by atoms with Crippen LogP contribution < -0.4 is 32.7 Å². The number of carboxylic acid groups (broad SMARTS) is 2. The van der Waals surface area contributed by atoms with Crippen molar-refractivity contribution in [2.45, 2.75) is 69.6 Å². The zero-order chi connectivity index (χ0) is 59.1. The highest BCUT2D eigenvalue weighted by atomic mass is 32.1. The Morgan fingerprint density at radius 3 is 1.77 bits per heavy atom. The normalized spacial score (nSPS) is 15.8. The molecule has 444 valence electrons. The minimum absolute atomic E-state index is 0.0175. The van der Waals surface area contributed by atoms with Crippen LogP contribution >= 0.6 is 12.6 Å². The smallest absolute Gasteiger partial charge is 0.327 e. The number of ketones is 2. The van der Waals surface area contributed by atoms with E-state index >= 15 is 0 Å². The fourth-order valence-corrected chi connectivity index (χ4v) is 8.63. The highest BCUT2D eigenvalue weighted by Gasteiger charge is 2.43. The van der Waals surface area contributed by atoms with Gasteiger partial charge in [-0.05, 0) is 55.0 Å². The number of ether oxygens (including phenoxy) is 6. The van der Waals surface area contributed by atoms with Crippen LogP contribution in [0.1, 0.15) is 60.9 Å². The number of hydrogen-bond acceptors (Lipinski definition) is 17. The molecule has 81 heavy (non-hydrogen) atoms. The van der Waals surface area contributed by atoms with Crippen molar-refractivity contribution in [1.82, 2.24) is 21.3 Å². The predicted octanol–water partition coefficient (Wildman–Crippen LogP) is 1.90. The van der Waals surface area contributed by atoms with Crippen LogP contribution in [-0.4, -0.2) is 174 Å². The number of Topliss-reactive ketones (excluding diaryl/α,β-unsaturated/α-hetero) is 2. The number of aliphatic carboxylic acids is 2. The molecule has 22 nitrogen and oxygen atoms in total. The Labute approximate surface area is 474 Å². The average Bonchev–Trinajstić information content (AvgIpc) is 3.57. The van der Waals surface area contributed by atoms with Gasteiger partial charge in [0.15, 0.2) is 11.6 Å². The van der Waals surface area contributed by atoms with E-state index in [2.05, 4.69) is 33.9 Å². The first-order chi connectivity index (χ1) is 38.9. The minimum Gasteiger partial charge on any atom is -0.481 e. The number of carbonyl (C=O) groups is 8. The lowest BCUT2D eigenvalue weighted by atomic mass is 9.69. The van der Waals surface area contributed by atoms with Gasteiger partial charge >= 0.3 is 11.9 Å². The van der Waals surface area contributed by atoms with Crippen LogP contribution in [0.15, 0.2) is 78.4 Å². The highest BCUT2D eigenvalue weighted by molar-refractivity contribution is 7.80. The van der Waals surface area contributed by atoms with Crippen molar-refractivity contribution >= 4 is 65.3 Å². The molecule has 3 aromatic carbocycles. The van der Waals surface area contributed by atoms with Gasteiger partial charge in [-0.2, -0.15) is 12.6 Å². The van der Waals surface area contributed by atoms with E-state index < -0.39 is 95.3 Å². The van der Waals surface area contributed by atoms with Gasteiger partial charge in [-0.15, -0.1) is 0 Å². The number of benzene rings is 3. The van der Waals surface area contributed by atoms with Crippen LogP contribution in [0.5, 0.6) is 0 Å². The molecular formula is C56H74F2N6O16S. The van der Waals surface area contributed by atoms with Gasteiger partial charge in [-0.1, -0.05) is 66.2 Å². The lowest BCUT2D eigenvalue weighted by Crippen LogP contribution is -2.57. The van der Waals surface area contributed by atoms with Gasteiger partial charge in [0, 0.05) is 54.8 Å². The molecule has 6 atom stereocenters. The van der Waals surface area contributed by atoms with E-state index in [-0.39, 0.29) is 82.4 Å². The quantitative estimate of drug-likeness (QED) is 0.0223. The number of hydrogen-bond donors (Lipinski definition) is 9. The predicted molar refractivity (Wildman–Crippen MR) is 294 cm³/mol.